The predicted molar refractivity (Wildman–Crippen MR) is 72.8 cm³/mol. The van der Waals surface area contributed by atoms with Gasteiger partial charge in [0.2, 0.25) is 0 Å². The molecule has 104 valence electrons. The van der Waals surface area contributed by atoms with Crippen LogP contribution >= 0.6 is 0 Å². The highest BCUT2D eigenvalue weighted by atomic mass is 16.4. The van der Waals surface area contributed by atoms with Crippen molar-refractivity contribution in [3.05, 3.63) is 0 Å². The molecule has 2 rings (SSSR count). The summed E-state index contributed by atoms with van der Waals surface area (Å²) in [6.07, 6.45) is 5.75. The van der Waals surface area contributed by atoms with Gasteiger partial charge < -0.3 is 20.7 Å². The molecular formula is C13H26N4O. The van der Waals surface area contributed by atoms with Gasteiger partial charge in [0.1, 0.15) is 5.84 Å². The molecule has 18 heavy (non-hydrogen) atoms. The Balaban J connectivity index is 1.85. The van der Waals surface area contributed by atoms with Crippen LogP contribution in [0.15, 0.2) is 5.16 Å². The fourth-order valence-electron chi connectivity index (χ4n) is 3.06. The molecule has 0 aromatic rings. The number of amidine groups is 1. The molecule has 3 N–H and O–H groups in total. The molecule has 1 heterocycles. The van der Waals surface area contributed by atoms with E-state index < -0.39 is 0 Å². The third kappa shape index (κ3) is 3.36. The third-order valence-electron chi connectivity index (χ3n) is 4.41. The second kappa shape index (κ2) is 5.45. The topological polar surface area (TPSA) is 65.1 Å². The lowest BCUT2D eigenvalue weighted by Crippen LogP contribution is -2.47. The van der Waals surface area contributed by atoms with Crippen molar-refractivity contribution in [3.8, 4) is 0 Å². The largest absolute Gasteiger partial charge is 0.409 e. The van der Waals surface area contributed by atoms with Crippen LogP contribution in [0.3, 0.4) is 0 Å². The Morgan fingerprint density at radius 1 is 1.50 bits per heavy atom. The highest BCUT2D eigenvalue weighted by Gasteiger charge is 2.45. The van der Waals surface area contributed by atoms with Crippen molar-refractivity contribution in [2.24, 2.45) is 16.3 Å². The van der Waals surface area contributed by atoms with Crippen molar-refractivity contribution in [3.63, 3.8) is 0 Å². The second-order valence-corrected chi connectivity index (χ2v) is 6.26. The molecule has 2 fully saturated rings. The van der Waals surface area contributed by atoms with E-state index in [1.54, 1.807) is 0 Å². The molecule has 1 saturated carbocycles. The average Bonchev–Trinajstić information content (AvgIpc) is 3.08. The summed E-state index contributed by atoms with van der Waals surface area (Å²) in [4.78, 5) is 4.89. The van der Waals surface area contributed by atoms with Crippen LogP contribution in [-0.4, -0.2) is 60.6 Å². The monoisotopic (exact) mass is 254 g/mol. The van der Waals surface area contributed by atoms with Gasteiger partial charge in [-0.05, 0) is 51.7 Å². The van der Waals surface area contributed by atoms with E-state index in [1.807, 2.05) is 0 Å². The number of hydrogen-bond donors (Lipinski definition) is 2. The lowest BCUT2D eigenvalue weighted by atomic mass is 9.98. The summed E-state index contributed by atoms with van der Waals surface area (Å²) >= 11 is 0. The maximum absolute atomic E-state index is 8.69. The molecule has 0 aromatic heterocycles. The van der Waals surface area contributed by atoms with Gasteiger partial charge >= 0.3 is 0 Å². The fourth-order valence-corrected chi connectivity index (χ4v) is 3.06. The van der Waals surface area contributed by atoms with Gasteiger partial charge in [-0.25, -0.2) is 0 Å². The lowest BCUT2D eigenvalue weighted by molar-refractivity contribution is 0.114. The van der Waals surface area contributed by atoms with Crippen LogP contribution in [0.1, 0.15) is 32.1 Å². The molecule has 1 aliphatic carbocycles. The summed E-state index contributed by atoms with van der Waals surface area (Å²) in [7, 11) is 4.33. The van der Waals surface area contributed by atoms with Crippen molar-refractivity contribution >= 4 is 5.84 Å². The Labute approximate surface area is 110 Å². The molecule has 0 spiro atoms. The van der Waals surface area contributed by atoms with Crippen LogP contribution in [0.4, 0.5) is 0 Å². The van der Waals surface area contributed by atoms with E-state index in [9.17, 15) is 0 Å². The van der Waals surface area contributed by atoms with E-state index in [4.69, 9.17) is 10.9 Å². The maximum Gasteiger partial charge on any atom is 0.139 e. The average molecular weight is 254 g/mol. The Hall–Kier alpha value is -0.810. The summed E-state index contributed by atoms with van der Waals surface area (Å²) in [5.41, 5.74) is 5.95. The van der Waals surface area contributed by atoms with Crippen LogP contribution in [0.2, 0.25) is 0 Å². The van der Waals surface area contributed by atoms with E-state index in [0.717, 1.165) is 19.5 Å². The van der Waals surface area contributed by atoms with E-state index in [2.05, 4.69) is 29.1 Å². The quantitative estimate of drug-likeness (QED) is 0.331. The Bertz CT molecular complexity index is 312. The number of piperidine rings is 1. The summed E-state index contributed by atoms with van der Waals surface area (Å²) < 4.78 is 0. The molecule has 5 nitrogen and oxygen atoms in total. The van der Waals surface area contributed by atoms with Crippen molar-refractivity contribution in [1.29, 1.82) is 0 Å². The van der Waals surface area contributed by atoms with Crippen LogP contribution < -0.4 is 5.73 Å². The normalized spacial score (nSPS) is 28.6. The first-order valence-electron chi connectivity index (χ1n) is 6.90. The minimum atomic E-state index is 0.296. The van der Waals surface area contributed by atoms with Gasteiger partial charge in [0.15, 0.2) is 0 Å². The SMILES string of the molecule is CN(C)C1CCCN(CC2(CC(N)=NO)CC2)C1. The lowest BCUT2D eigenvalue weighted by Gasteiger charge is -2.37. The maximum atomic E-state index is 8.69. The fraction of sp³-hybridized carbons (Fsp3) is 0.923. The summed E-state index contributed by atoms with van der Waals surface area (Å²) in [6, 6.07) is 0.679. The Morgan fingerprint density at radius 2 is 2.22 bits per heavy atom. The van der Waals surface area contributed by atoms with Gasteiger partial charge in [0, 0.05) is 25.6 Å². The first kappa shape index (κ1) is 13.6. The molecule has 1 unspecified atom stereocenters. The minimum absolute atomic E-state index is 0.296. The Kier molecular flexibility index (Phi) is 4.12. The van der Waals surface area contributed by atoms with Gasteiger partial charge in [-0.1, -0.05) is 5.16 Å². The molecule has 5 heteroatoms. The van der Waals surface area contributed by atoms with Crippen molar-refractivity contribution in [2.75, 3.05) is 33.7 Å². The van der Waals surface area contributed by atoms with E-state index in [1.165, 1.54) is 32.2 Å². The van der Waals surface area contributed by atoms with Gasteiger partial charge in [0.25, 0.3) is 0 Å². The number of likely N-dealkylation sites (N-methyl/N-ethyl adjacent to an activating group) is 1. The molecule has 0 bridgehead atoms. The first-order chi connectivity index (χ1) is 8.54. The summed E-state index contributed by atoms with van der Waals surface area (Å²) in [5, 5.41) is 11.8. The zero-order chi connectivity index (χ0) is 13.2. The molecule has 2 aliphatic rings. The third-order valence-corrected chi connectivity index (χ3v) is 4.41. The highest BCUT2D eigenvalue weighted by molar-refractivity contribution is 5.80. The minimum Gasteiger partial charge on any atom is -0.409 e. The molecule has 1 saturated heterocycles. The van der Waals surface area contributed by atoms with Gasteiger partial charge in [-0.15, -0.1) is 0 Å². The summed E-state index contributed by atoms with van der Waals surface area (Å²) in [5.74, 6) is 0.383. The molecular weight excluding hydrogens is 228 g/mol. The molecule has 0 radical (unpaired) electrons. The zero-order valence-electron chi connectivity index (χ0n) is 11.6. The predicted octanol–water partition coefficient (Wildman–Crippen LogP) is 0.929. The van der Waals surface area contributed by atoms with Crippen molar-refractivity contribution in [1.82, 2.24) is 9.80 Å². The van der Waals surface area contributed by atoms with E-state index >= 15 is 0 Å². The van der Waals surface area contributed by atoms with Gasteiger partial charge in [0.05, 0.1) is 0 Å². The highest BCUT2D eigenvalue weighted by Crippen LogP contribution is 2.49. The van der Waals surface area contributed by atoms with Crippen molar-refractivity contribution < 1.29 is 5.21 Å². The van der Waals surface area contributed by atoms with E-state index in [0.29, 0.717) is 17.3 Å². The number of oxime groups is 1. The molecule has 1 atom stereocenters. The summed E-state index contributed by atoms with van der Waals surface area (Å²) in [6.45, 7) is 3.46. The number of hydrogen-bond acceptors (Lipinski definition) is 4. The standard InChI is InChI=1S/C13H26N4O/c1-16(2)11-4-3-7-17(9-11)10-13(5-6-13)8-12(14)15-18/h11,18H,3-10H2,1-2H3,(H2,14,15). The van der Waals surface area contributed by atoms with Gasteiger partial charge in [-0.3, -0.25) is 0 Å². The van der Waals surface area contributed by atoms with E-state index in [-0.39, 0.29) is 0 Å². The van der Waals surface area contributed by atoms with Gasteiger partial charge in [-0.2, -0.15) is 0 Å². The second-order valence-electron chi connectivity index (χ2n) is 6.26. The van der Waals surface area contributed by atoms with Crippen LogP contribution in [0.25, 0.3) is 0 Å². The zero-order valence-corrected chi connectivity index (χ0v) is 11.6. The number of nitrogens with zero attached hydrogens (tertiary/aromatic N) is 3. The van der Waals surface area contributed by atoms with Crippen LogP contribution in [0.5, 0.6) is 0 Å². The molecule has 0 amide bonds. The number of nitrogens with two attached hydrogens (primary N) is 1. The first-order valence-corrected chi connectivity index (χ1v) is 6.90. The Morgan fingerprint density at radius 3 is 2.78 bits per heavy atom. The van der Waals surface area contributed by atoms with Crippen molar-refractivity contribution in [2.45, 2.75) is 38.1 Å². The smallest absolute Gasteiger partial charge is 0.139 e. The van der Waals surface area contributed by atoms with Crippen LogP contribution in [-0.2, 0) is 0 Å². The molecule has 1 aliphatic heterocycles. The van der Waals surface area contributed by atoms with Crippen LogP contribution in [0, 0.1) is 5.41 Å². The number of rotatable bonds is 5. The molecule has 0 aromatic carbocycles. The number of likely N-dealkylation sites (tertiary alicyclic amines) is 1.